The van der Waals surface area contributed by atoms with Gasteiger partial charge in [0.2, 0.25) is 0 Å². The Morgan fingerprint density at radius 2 is 1.94 bits per heavy atom. The molecule has 35 heavy (non-hydrogen) atoms. The van der Waals surface area contributed by atoms with Crippen molar-refractivity contribution in [3.63, 3.8) is 0 Å². The zero-order valence-electron chi connectivity index (χ0n) is 20.8. The summed E-state index contributed by atoms with van der Waals surface area (Å²) in [5, 5.41) is 4.55. The Kier molecular flexibility index (Phi) is 6.03. The number of carbonyl (C=O) groups is 1. The molecule has 7 heteroatoms. The van der Waals surface area contributed by atoms with Crippen molar-refractivity contribution in [3.8, 4) is 10.4 Å². The predicted octanol–water partition coefficient (Wildman–Crippen LogP) is 5.03. The number of nitrogens with zero attached hydrogens (tertiary/aromatic N) is 4. The molecule has 6 nitrogen and oxygen atoms in total. The zero-order chi connectivity index (χ0) is 24.1. The lowest BCUT2D eigenvalue weighted by Gasteiger charge is -2.32. The van der Waals surface area contributed by atoms with Crippen LogP contribution < -0.4 is 0 Å². The van der Waals surface area contributed by atoms with Gasteiger partial charge in [0.1, 0.15) is 6.23 Å². The Hall–Kier alpha value is -2.48. The number of benzene rings is 1. The van der Waals surface area contributed by atoms with Gasteiger partial charge in [-0.25, -0.2) is 4.68 Å². The summed E-state index contributed by atoms with van der Waals surface area (Å²) in [6.45, 7) is 4.56. The summed E-state index contributed by atoms with van der Waals surface area (Å²) >= 11 is 1.57. The molecule has 1 saturated carbocycles. The van der Waals surface area contributed by atoms with Gasteiger partial charge in [-0.1, -0.05) is 29.8 Å². The van der Waals surface area contributed by atoms with Crippen molar-refractivity contribution < 1.29 is 9.53 Å². The Balaban J connectivity index is 1.20. The van der Waals surface area contributed by atoms with Crippen molar-refractivity contribution in [1.29, 1.82) is 0 Å². The van der Waals surface area contributed by atoms with Gasteiger partial charge in [-0.15, -0.1) is 11.3 Å². The molecule has 2 saturated heterocycles. The number of likely N-dealkylation sites (tertiary alicyclic amines) is 1. The van der Waals surface area contributed by atoms with Crippen molar-refractivity contribution in [3.05, 3.63) is 64.8 Å². The highest BCUT2D eigenvalue weighted by Gasteiger charge is 2.59. The minimum Gasteiger partial charge on any atom is -0.357 e. The normalized spacial score (nSPS) is 28.2. The zero-order valence-corrected chi connectivity index (χ0v) is 21.6. The van der Waals surface area contributed by atoms with Gasteiger partial charge < -0.3 is 14.5 Å². The number of hydrogen-bond donors (Lipinski definition) is 0. The summed E-state index contributed by atoms with van der Waals surface area (Å²) < 4.78 is 7.80. The molecule has 5 unspecified atom stereocenters. The van der Waals surface area contributed by atoms with Gasteiger partial charge in [0.25, 0.3) is 5.91 Å². The smallest absolute Gasteiger partial charge is 0.263 e. The largest absolute Gasteiger partial charge is 0.357 e. The van der Waals surface area contributed by atoms with Crippen LogP contribution in [0.3, 0.4) is 0 Å². The molecule has 0 bridgehead atoms. The number of ether oxygens (including phenoxy) is 1. The van der Waals surface area contributed by atoms with E-state index in [4.69, 9.17) is 4.74 Å². The van der Waals surface area contributed by atoms with Crippen LogP contribution in [-0.2, 0) is 4.74 Å². The number of hydrogen-bond acceptors (Lipinski definition) is 5. The van der Waals surface area contributed by atoms with Crippen molar-refractivity contribution in [1.82, 2.24) is 19.6 Å². The monoisotopic (exact) mass is 490 g/mol. The first-order valence-corrected chi connectivity index (χ1v) is 13.6. The maximum Gasteiger partial charge on any atom is 0.263 e. The van der Waals surface area contributed by atoms with E-state index in [-0.39, 0.29) is 12.1 Å². The highest BCUT2D eigenvalue weighted by molar-refractivity contribution is 7.17. The van der Waals surface area contributed by atoms with Gasteiger partial charge in [0.05, 0.1) is 11.1 Å². The molecule has 0 spiro atoms. The molecule has 0 radical (unpaired) electrons. The summed E-state index contributed by atoms with van der Waals surface area (Å²) in [6, 6.07) is 13.5. The van der Waals surface area contributed by atoms with Crippen molar-refractivity contribution in [2.45, 2.75) is 44.4 Å². The van der Waals surface area contributed by atoms with Crippen molar-refractivity contribution >= 4 is 17.2 Å². The van der Waals surface area contributed by atoms with Crippen molar-refractivity contribution in [2.75, 3.05) is 33.8 Å². The third-order valence-corrected chi connectivity index (χ3v) is 9.16. The van der Waals surface area contributed by atoms with Crippen LogP contribution in [0, 0.1) is 18.8 Å². The highest BCUT2D eigenvalue weighted by Crippen LogP contribution is 2.54. The van der Waals surface area contributed by atoms with E-state index in [1.54, 1.807) is 11.3 Å². The van der Waals surface area contributed by atoms with Crippen LogP contribution >= 0.6 is 11.3 Å². The Labute approximate surface area is 211 Å². The first-order chi connectivity index (χ1) is 17.0. The van der Waals surface area contributed by atoms with Crippen LogP contribution in [-0.4, -0.2) is 65.3 Å². The molecule has 5 atom stereocenters. The molecule has 2 aliphatic heterocycles. The van der Waals surface area contributed by atoms with Gasteiger partial charge >= 0.3 is 0 Å². The Bertz CT molecular complexity index is 1190. The van der Waals surface area contributed by atoms with E-state index in [1.807, 2.05) is 16.9 Å². The molecule has 1 amide bonds. The van der Waals surface area contributed by atoms with E-state index in [0.717, 1.165) is 47.9 Å². The van der Waals surface area contributed by atoms with Crippen LogP contribution in [0.2, 0.25) is 0 Å². The maximum atomic E-state index is 13.7. The van der Waals surface area contributed by atoms with Gasteiger partial charge in [-0.2, -0.15) is 5.10 Å². The minimum absolute atomic E-state index is 0.0294. The average molecular weight is 491 g/mol. The number of fused-ring (bicyclic) bond motifs is 1. The lowest BCUT2D eigenvalue weighted by atomic mass is 9.89. The van der Waals surface area contributed by atoms with Crippen LogP contribution in [0.25, 0.3) is 10.4 Å². The summed E-state index contributed by atoms with van der Waals surface area (Å²) in [5.74, 6) is 1.72. The fourth-order valence-electron chi connectivity index (χ4n) is 6.19. The minimum atomic E-state index is 0.0294. The Morgan fingerprint density at radius 3 is 2.69 bits per heavy atom. The lowest BCUT2D eigenvalue weighted by Crippen LogP contribution is -2.40. The van der Waals surface area contributed by atoms with Crippen molar-refractivity contribution in [2.24, 2.45) is 11.8 Å². The quantitative estimate of drug-likeness (QED) is 0.503. The maximum absolute atomic E-state index is 13.7. The number of thiophene rings is 1. The molecule has 0 N–H and O–H groups in total. The van der Waals surface area contributed by atoms with E-state index in [9.17, 15) is 4.79 Å². The fraction of sp³-hybridized carbons (Fsp3) is 0.500. The standard InChI is InChI=1S/C28H34N4O2S/c1-18-7-9-19(10-8-18)21-16-31(17-22-26(21)27(22)30(2)3)28(33)24-12-11-23(35-24)20-14-29-32(15-20)25-6-4-5-13-34-25/h7-12,14-15,21-22,25-27H,4-6,13,16-17H2,1-3H3. The number of aryl methyl sites for hydroxylation is 1. The molecular formula is C28H34N4O2S. The van der Waals surface area contributed by atoms with E-state index >= 15 is 0 Å². The molecule has 2 aromatic heterocycles. The first-order valence-electron chi connectivity index (χ1n) is 12.8. The van der Waals surface area contributed by atoms with E-state index in [1.165, 1.54) is 17.5 Å². The second kappa shape index (κ2) is 9.19. The summed E-state index contributed by atoms with van der Waals surface area (Å²) in [6.07, 6.45) is 7.28. The van der Waals surface area contributed by atoms with E-state index in [2.05, 4.69) is 72.4 Å². The molecule has 3 fully saturated rings. The predicted molar refractivity (Wildman–Crippen MR) is 139 cm³/mol. The lowest BCUT2D eigenvalue weighted by molar-refractivity contribution is -0.0394. The molecule has 3 aliphatic rings. The molecule has 1 aromatic carbocycles. The number of carbonyl (C=O) groups excluding carboxylic acids is 1. The van der Waals surface area contributed by atoms with E-state index in [0.29, 0.717) is 23.8 Å². The van der Waals surface area contributed by atoms with E-state index < -0.39 is 0 Å². The number of aromatic nitrogens is 2. The topological polar surface area (TPSA) is 50.6 Å². The summed E-state index contributed by atoms with van der Waals surface area (Å²) in [4.78, 5) is 20.0. The Morgan fingerprint density at radius 1 is 1.11 bits per heavy atom. The second-order valence-electron chi connectivity index (χ2n) is 10.6. The average Bonchev–Trinajstić information content (AvgIpc) is 3.20. The molecule has 184 valence electrons. The number of piperidine rings is 1. The molecular weight excluding hydrogens is 456 g/mol. The van der Waals surface area contributed by atoms with Crippen LogP contribution in [0.5, 0.6) is 0 Å². The van der Waals surface area contributed by atoms with Crippen LogP contribution in [0.15, 0.2) is 48.8 Å². The molecule has 3 aromatic rings. The fourth-order valence-corrected chi connectivity index (χ4v) is 7.14. The van der Waals surface area contributed by atoms with Gasteiger partial charge in [-0.05, 0) is 69.8 Å². The molecule has 4 heterocycles. The molecule has 1 aliphatic carbocycles. The third-order valence-electron chi connectivity index (χ3n) is 8.04. The summed E-state index contributed by atoms with van der Waals surface area (Å²) in [5.41, 5.74) is 3.68. The van der Waals surface area contributed by atoms with Gasteiger partial charge in [0.15, 0.2) is 0 Å². The second-order valence-corrected chi connectivity index (χ2v) is 11.7. The third kappa shape index (κ3) is 4.34. The van der Waals surface area contributed by atoms with Gasteiger partial charge in [-0.3, -0.25) is 4.79 Å². The number of amides is 1. The highest BCUT2D eigenvalue weighted by atomic mass is 32.1. The van der Waals surface area contributed by atoms with Crippen LogP contribution in [0.1, 0.15) is 52.2 Å². The summed E-state index contributed by atoms with van der Waals surface area (Å²) in [7, 11) is 4.34. The first kappa shape index (κ1) is 23.0. The SMILES string of the molecule is Cc1ccc(C2CN(C(=O)c3ccc(-c4cnn(C5CCCCO5)c4)s3)CC3C2C3N(C)C)cc1. The number of rotatable bonds is 5. The van der Waals surface area contributed by atoms with Gasteiger partial charge in [0, 0.05) is 48.3 Å². The molecule has 6 rings (SSSR count). The van der Waals surface area contributed by atoms with Crippen LogP contribution in [0.4, 0.5) is 0 Å².